The molecule has 0 unspecified atom stereocenters. The molecule has 0 aliphatic rings. The molecule has 0 aliphatic heterocycles. The van der Waals surface area contributed by atoms with Crippen molar-refractivity contribution < 1.29 is 0 Å². The summed E-state index contributed by atoms with van der Waals surface area (Å²) >= 11 is 17.8. The lowest BCUT2D eigenvalue weighted by atomic mass is 9.97. The molecule has 2 aromatic carbocycles. The molecule has 0 heterocycles. The van der Waals surface area contributed by atoms with Gasteiger partial charge in [0, 0.05) is 0 Å². The highest BCUT2D eigenvalue weighted by Gasteiger charge is 2.16. The number of hydrogen-bond donors (Lipinski definition) is 4. The molecule has 4 heteroatoms. The van der Waals surface area contributed by atoms with E-state index in [0.717, 1.165) is 22.3 Å². The smallest absolute Gasteiger partial charge is 0.0701 e. The summed E-state index contributed by atoms with van der Waals surface area (Å²) in [6.45, 7) is 0. The Bertz CT molecular complexity index is 521. The van der Waals surface area contributed by atoms with Crippen molar-refractivity contribution in [1.29, 1.82) is 0 Å². The second kappa shape index (κ2) is 6.33. The van der Waals surface area contributed by atoms with E-state index in [1.165, 1.54) is 0 Å². The second-order valence-corrected chi connectivity index (χ2v) is 6.80. The zero-order valence-electron chi connectivity index (χ0n) is 9.56. The van der Waals surface area contributed by atoms with Gasteiger partial charge in [-0.2, -0.15) is 50.5 Å². The van der Waals surface area contributed by atoms with Gasteiger partial charge in [-0.05, 0) is 22.3 Å². The Morgan fingerprint density at radius 1 is 0.667 bits per heavy atom. The van der Waals surface area contributed by atoms with Crippen molar-refractivity contribution in [1.82, 2.24) is 0 Å². The minimum Gasteiger partial charge on any atom is -0.160 e. The van der Waals surface area contributed by atoms with Crippen LogP contribution in [-0.2, 0) is 0 Å². The van der Waals surface area contributed by atoms with Gasteiger partial charge in [0.1, 0.15) is 0 Å². The van der Waals surface area contributed by atoms with E-state index in [4.69, 9.17) is 0 Å². The van der Waals surface area contributed by atoms with E-state index in [1.807, 2.05) is 30.3 Å². The molecule has 0 bridgehead atoms. The standard InChI is InChI=1S/C14H14S4/c15-13(16)11-8-4-7-10(12(11)14(17)18)9-5-2-1-3-6-9/h1-8,13-18H. The third-order valence-electron chi connectivity index (χ3n) is 2.76. The number of thiol groups is 4. The maximum absolute atomic E-state index is 4.47. The van der Waals surface area contributed by atoms with Crippen LogP contribution in [-0.4, -0.2) is 0 Å². The topological polar surface area (TPSA) is 0 Å². The zero-order chi connectivity index (χ0) is 13.1. The Hall–Kier alpha value is -0.160. The molecule has 0 saturated carbocycles. The monoisotopic (exact) mass is 310 g/mol. The van der Waals surface area contributed by atoms with Crippen LogP contribution in [0, 0.1) is 0 Å². The van der Waals surface area contributed by atoms with Gasteiger partial charge in [-0.15, -0.1) is 0 Å². The van der Waals surface area contributed by atoms with Gasteiger partial charge in [-0.1, -0.05) is 48.5 Å². The van der Waals surface area contributed by atoms with E-state index in [-0.39, 0.29) is 9.16 Å². The molecule has 94 valence electrons. The fourth-order valence-corrected chi connectivity index (χ4v) is 2.99. The molecule has 0 radical (unpaired) electrons. The van der Waals surface area contributed by atoms with Crippen LogP contribution >= 0.6 is 50.5 Å². The minimum absolute atomic E-state index is 0.134. The van der Waals surface area contributed by atoms with Crippen molar-refractivity contribution in [3.8, 4) is 11.1 Å². The minimum atomic E-state index is -0.154. The van der Waals surface area contributed by atoms with Crippen molar-refractivity contribution in [2.24, 2.45) is 0 Å². The van der Waals surface area contributed by atoms with E-state index in [0.29, 0.717) is 0 Å². The largest absolute Gasteiger partial charge is 0.160 e. The molecule has 0 aromatic heterocycles. The lowest BCUT2D eigenvalue weighted by Gasteiger charge is -2.18. The van der Waals surface area contributed by atoms with E-state index < -0.39 is 0 Å². The first kappa shape index (κ1) is 14.3. The van der Waals surface area contributed by atoms with Crippen LogP contribution in [0.3, 0.4) is 0 Å². The fourth-order valence-electron chi connectivity index (χ4n) is 1.97. The van der Waals surface area contributed by atoms with E-state index >= 15 is 0 Å². The lowest BCUT2D eigenvalue weighted by molar-refractivity contribution is 1.27. The van der Waals surface area contributed by atoms with Crippen LogP contribution in [0.15, 0.2) is 48.5 Å². The molecule has 0 N–H and O–H groups in total. The first-order valence-electron chi connectivity index (χ1n) is 5.51. The zero-order valence-corrected chi connectivity index (χ0v) is 13.1. The SMILES string of the molecule is SC(S)c1cccc(-c2ccccc2)c1C(S)S. The molecule has 0 spiro atoms. The van der Waals surface area contributed by atoms with Gasteiger partial charge in [0.05, 0.1) is 9.16 Å². The second-order valence-electron chi connectivity index (χ2n) is 3.92. The Balaban J connectivity index is 2.64. The number of benzene rings is 2. The summed E-state index contributed by atoms with van der Waals surface area (Å²) in [6.07, 6.45) is 0. The van der Waals surface area contributed by atoms with Gasteiger partial charge in [-0.3, -0.25) is 0 Å². The van der Waals surface area contributed by atoms with Gasteiger partial charge in [-0.25, -0.2) is 0 Å². The highest BCUT2D eigenvalue weighted by molar-refractivity contribution is 7.99. The summed E-state index contributed by atoms with van der Waals surface area (Å²) in [7, 11) is 0. The van der Waals surface area contributed by atoms with Crippen LogP contribution < -0.4 is 0 Å². The molecule has 0 nitrogen and oxygen atoms in total. The molecule has 0 atom stereocenters. The summed E-state index contributed by atoms with van der Waals surface area (Å²) in [5.74, 6) is 0. The molecular weight excluding hydrogens is 296 g/mol. The van der Waals surface area contributed by atoms with Gasteiger partial charge < -0.3 is 0 Å². The number of hydrogen-bond acceptors (Lipinski definition) is 4. The predicted octanol–water partition coefficient (Wildman–Crippen LogP) is 5.07. The Kier molecular flexibility index (Phi) is 5.01. The van der Waals surface area contributed by atoms with E-state index in [2.05, 4.69) is 68.7 Å². The van der Waals surface area contributed by atoms with Crippen molar-refractivity contribution >= 4 is 50.5 Å². The molecular formula is C14H14S4. The summed E-state index contributed by atoms with van der Waals surface area (Å²) in [6, 6.07) is 16.3. The third-order valence-corrected chi connectivity index (χ3v) is 3.83. The number of rotatable bonds is 3. The first-order valence-corrected chi connectivity index (χ1v) is 7.58. The van der Waals surface area contributed by atoms with Gasteiger partial charge in [0.15, 0.2) is 0 Å². The van der Waals surface area contributed by atoms with Gasteiger partial charge in [0.25, 0.3) is 0 Å². The molecule has 2 rings (SSSR count). The summed E-state index contributed by atoms with van der Waals surface area (Å²) in [5, 5.41) is 0. The molecule has 2 aromatic rings. The van der Waals surface area contributed by atoms with E-state index in [9.17, 15) is 0 Å². The quantitative estimate of drug-likeness (QED) is 0.441. The van der Waals surface area contributed by atoms with Crippen molar-refractivity contribution in [3.05, 3.63) is 59.7 Å². The Labute approximate surface area is 130 Å². The molecule has 18 heavy (non-hydrogen) atoms. The maximum atomic E-state index is 4.47. The summed E-state index contributed by atoms with van der Waals surface area (Å²) in [4.78, 5) is 0. The molecule has 0 saturated heterocycles. The molecule has 0 aliphatic carbocycles. The highest BCUT2D eigenvalue weighted by atomic mass is 32.2. The predicted molar refractivity (Wildman–Crippen MR) is 93.3 cm³/mol. The Morgan fingerprint density at radius 3 is 1.89 bits per heavy atom. The first-order chi connectivity index (χ1) is 8.61. The average molecular weight is 311 g/mol. The molecule has 0 fully saturated rings. The van der Waals surface area contributed by atoms with Gasteiger partial charge >= 0.3 is 0 Å². The lowest BCUT2D eigenvalue weighted by Crippen LogP contribution is -1.97. The summed E-state index contributed by atoms with van der Waals surface area (Å²) < 4.78 is -0.288. The Morgan fingerprint density at radius 2 is 1.33 bits per heavy atom. The van der Waals surface area contributed by atoms with Crippen molar-refractivity contribution in [3.63, 3.8) is 0 Å². The van der Waals surface area contributed by atoms with Gasteiger partial charge in [0.2, 0.25) is 0 Å². The van der Waals surface area contributed by atoms with Crippen LogP contribution in [0.25, 0.3) is 11.1 Å². The molecule has 0 amide bonds. The van der Waals surface area contributed by atoms with Crippen LogP contribution in [0.4, 0.5) is 0 Å². The third kappa shape index (κ3) is 3.05. The normalized spacial score (nSPS) is 11.2. The highest BCUT2D eigenvalue weighted by Crippen LogP contribution is 2.40. The van der Waals surface area contributed by atoms with Crippen molar-refractivity contribution in [2.45, 2.75) is 9.16 Å². The van der Waals surface area contributed by atoms with E-state index in [1.54, 1.807) is 0 Å². The average Bonchev–Trinajstić information content (AvgIpc) is 2.38. The van der Waals surface area contributed by atoms with Crippen LogP contribution in [0.2, 0.25) is 0 Å². The fraction of sp³-hybridized carbons (Fsp3) is 0.143. The van der Waals surface area contributed by atoms with Crippen LogP contribution in [0.1, 0.15) is 20.3 Å². The van der Waals surface area contributed by atoms with Crippen LogP contribution in [0.5, 0.6) is 0 Å². The van der Waals surface area contributed by atoms with Crippen molar-refractivity contribution in [2.75, 3.05) is 0 Å². The summed E-state index contributed by atoms with van der Waals surface area (Å²) in [5.41, 5.74) is 4.42. The maximum Gasteiger partial charge on any atom is 0.0701 e.